The number of Topliss-reactive ketones (excluding diaryl/α,β-unsaturated/α-hetero) is 1. The van der Waals surface area contributed by atoms with Gasteiger partial charge in [-0.05, 0) is 66.8 Å². The summed E-state index contributed by atoms with van der Waals surface area (Å²) in [5.74, 6) is -0.688. The monoisotopic (exact) mass is 526 g/mol. The maximum Gasteiger partial charge on any atom is 0.301 e. The number of ketones is 1. The predicted molar refractivity (Wildman–Crippen MR) is 147 cm³/mol. The smallest absolute Gasteiger partial charge is 0.301 e. The first-order valence-corrected chi connectivity index (χ1v) is 13.3. The minimum atomic E-state index is -0.837. The fourth-order valence-corrected chi connectivity index (χ4v) is 6.26. The van der Waals surface area contributed by atoms with Gasteiger partial charge in [-0.3, -0.25) is 14.5 Å². The van der Waals surface area contributed by atoms with Gasteiger partial charge in [0.2, 0.25) is 0 Å². The van der Waals surface area contributed by atoms with Gasteiger partial charge >= 0.3 is 5.91 Å². The topological polar surface area (TPSA) is 89.0 Å². The van der Waals surface area contributed by atoms with Crippen LogP contribution in [0.3, 0.4) is 0 Å². The van der Waals surface area contributed by atoms with Crippen molar-refractivity contribution in [3.05, 3.63) is 88.0 Å². The molecular weight excluding hydrogens is 500 g/mol. The van der Waals surface area contributed by atoms with E-state index in [1.807, 2.05) is 50.2 Å². The van der Waals surface area contributed by atoms with E-state index in [1.165, 1.54) is 16.2 Å². The van der Waals surface area contributed by atoms with Crippen LogP contribution >= 0.6 is 11.3 Å². The second-order valence-electron chi connectivity index (χ2n) is 9.55. The Kier molecular flexibility index (Phi) is 5.91. The molecule has 1 fully saturated rings. The van der Waals surface area contributed by atoms with E-state index in [9.17, 15) is 14.7 Å². The number of aliphatic hydroxyl groups excluding tert-OH is 1. The number of fused-ring (bicyclic) bond motifs is 2. The Bertz CT molecular complexity index is 1640. The highest BCUT2D eigenvalue weighted by molar-refractivity contribution is 7.22. The number of benzene rings is 3. The number of aryl methyl sites for hydroxylation is 3. The lowest BCUT2D eigenvalue weighted by Crippen LogP contribution is -2.29. The average Bonchev–Trinajstić information content (AvgIpc) is 3.46. The van der Waals surface area contributed by atoms with E-state index in [0.717, 1.165) is 33.3 Å². The molecule has 1 aromatic heterocycles. The largest absolute Gasteiger partial charge is 0.507 e. The molecule has 0 saturated carbocycles. The minimum absolute atomic E-state index is 0.0167. The summed E-state index contributed by atoms with van der Waals surface area (Å²) in [6.45, 7) is 6.89. The maximum atomic E-state index is 13.6. The predicted octanol–water partition coefficient (Wildman–Crippen LogP) is 5.87. The molecule has 0 spiro atoms. The van der Waals surface area contributed by atoms with E-state index >= 15 is 0 Å². The lowest BCUT2D eigenvalue weighted by Gasteiger charge is -2.23. The number of thiazole rings is 1. The number of aromatic nitrogens is 1. The molecule has 4 aromatic rings. The number of ether oxygens (including phenoxy) is 2. The molecule has 7 nitrogen and oxygen atoms in total. The first-order chi connectivity index (χ1) is 18.4. The van der Waals surface area contributed by atoms with Crippen molar-refractivity contribution >= 4 is 44.1 Å². The zero-order valence-corrected chi connectivity index (χ0v) is 22.1. The lowest BCUT2D eigenvalue weighted by atomic mass is 9.94. The number of nitrogens with zero attached hydrogens (tertiary/aromatic N) is 2. The Morgan fingerprint density at radius 1 is 1.03 bits per heavy atom. The van der Waals surface area contributed by atoms with Crippen molar-refractivity contribution in [1.29, 1.82) is 0 Å². The number of aliphatic hydroxyl groups is 1. The Labute approximate surface area is 224 Å². The molecule has 3 aromatic carbocycles. The van der Waals surface area contributed by atoms with Crippen LogP contribution in [0.25, 0.3) is 16.0 Å². The summed E-state index contributed by atoms with van der Waals surface area (Å²) in [7, 11) is 0. The average molecular weight is 527 g/mol. The van der Waals surface area contributed by atoms with E-state index < -0.39 is 17.7 Å². The molecule has 3 heterocycles. The van der Waals surface area contributed by atoms with Gasteiger partial charge in [-0.15, -0.1) is 0 Å². The zero-order valence-electron chi connectivity index (χ0n) is 21.3. The summed E-state index contributed by atoms with van der Waals surface area (Å²) in [5.41, 5.74) is 5.12. The summed E-state index contributed by atoms with van der Waals surface area (Å²) < 4.78 is 12.2. The molecule has 1 saturated heterocycles. The number of hydrogen-bond acceptors (Lipinski definition) is 7. The first-order valence-electron chi connectivity index (χ1n) is 12.5. The maximum absolute atomic E-state index is 13.6. The molecule has 0 aliphatic carbocycles. The highest BCUT2D eigenvalue weighted by Crippen LogP contribution is 2.45. The van der Waals surface area contributed by atoms with Gasteiger partial charge in [0.1, 0.15) is 19.0 Å². The van der Waals surface area contributed by atoms with Crippen LogP contribution in [-0.4, -0.2) is 35.0 Å². The van der Waals surface area contributed by atoms with E-state index in [2.05, 4.69) is 6.92 Å². The summed E-state index contributed by atoms with van der Waals surface area (Å²) in [6.07, 6.45) is 0.855. The summed E-state index contributed by atoms with van der Waals surface area (Å²) in [6, 6.07) is 16.0. The summed E-state index contributed by atoms with van der Waals surface area (Å²) in [5, 5.41) is 11.9. The standard InChI is InChI=1S/C30H26N2O5S/c1-4-18-5-7-19(8-6-18)26-24(27(33)20-9-10-21-22(15-20)37-12-11-36-21)28(34)29(35)32(26)30-31-25-17(3)13-16(2)14-23(25)38-30/h5-10,13-15,26,33H,4,11-12H2,1-3H3/b27-24-. The quantitative estimate of drug-likeness (QED) is 0.203. The number of amides is 1. The summed E-state index contributed by atoms with van der Waals surface area (Å²) in [4.78, 5) is 33.3. The van der Waals surface area contributed by atoms with Crippen molar-refractivity contribution in [2.45, 2.75) is 33.2 Å². The molecule has 1 unspecified atom stereocenters. The Balaban J connectivity index is 1.54. The molecule has 38 heavy (non-hydrogen) atoms. The van der Waals surface area contributed by atoms with Crippen LogP contribution in [0, 0.1) is 13.8 Å². The molecule has 1 amide bonds. The Hall–Kier alpha value is -4.17. The number of hydrogen-bond donors (Lipinski definition) is 1. The van der Waals surface area contributed by atoms with Gasteiger partial charge in [-0.1, -0.05) is 48.6 Å². The van der Waals surface area contributed by atoms with Crippen LogP contribution in [0.5, 0.6) is 11.5 Å². The normalized spacial score (nSPS) is 18.4. The fraction of sp³-hybridized carbons (Fsp3) is 0.233. The fourth-order valence-electron chi connectivity index (χ4n) is 5.09. The molecule has 0 bridgehead atoms. The van der Waals surface area contributed by atoms with Crippen molar-refractivity contribution in [2.24, 2.45) is 0 Å². The van der Waals surface area contributed by atoms with E-state index in [4.69, 9.17) is 14.5 Å². The van der Waals surface area contributed by atoms with Crippen LogP contribution in [0.2, 0.25) is 0 Å². The molecule has 192 valence electrons. The van der Waals surface area contributed by atoms with Gasteiger partial charge in [-0.25, -0.2) is 4.98 Å². The van der Waals surface area contributed by atoms with Crippen LogP contribution in [0.4, 0.5) is 5.13 Å². The third-order valence-corrected chi connectivity index (χ3v) is 7.99. The third kappa shape index (κ3) is 3.92. The van der Waals surface area contributed by atoms with Gasteiger partial charge in [0.15, 0.2) is 16.6 Å². The molecule has 1 N–H and O–H groups in total. The molecule has 8 heteroatoms. The van der Waals surface area contributed by atoms with Gasteiger partial charge in [0.05, 0.1) is 21.8 Å². The van der Waals surface area contributed by atoms with Crippen LogP contribution in [-0.2, 0) is 16.0 Å². The molecule has 0 radical (unpaired) electrons. The van der Waals surface area contributed by atoms with Crippen LogP contribution in [0.15, 0.2) is 60.2 Å². The highest BCUT2D eigenvalue weighted by Gasteiger charge is 2.48. The second-order valence-corrected chi connectivity index (χ2v) is 10.6. The van der Waals surface area contributed by atoms with Crippen molar-refractivity contribution in [3.63, 3.8) is 0 Å². The molecule has 2 aliphatic heterocycles. The van der Waals surface area contributed by atoms with Crippen molar-refractivity contribution < 1.29 is 24.2 Å². The van der Waals surface area contributed by atoms with Gasteiger partial charge in [0, 0.05) is 5.56 Å². The second kappa shape index (κ2) is 9.29. The van der Waals surface area contributed by atoms with Crippen LogP contribution in [0.1, 0.15) is 40.8 Å². The van der Waals surface area contributed by atoms with Gasteiger partial charge < -0.3 is 14.6 Å². The van der Waals surface area contributed by atoms with Gasteiger partial charge in [-0.2, -0.15) is 0 Å². The highest BCUT2D eigenvalue weighted by atomic mass is 32.1. The number of carbonyl (C=O) groups is 2. The van der Waals surface area contributed by atoms with E-state index in [-0.39, 0.29) is 11.3 Å². The Morgan fingerprint density at radius 2 is 1.76 bits per heavy atom. The number of anilines is 1. The van der Waals surface area contributed by atoms with E-state index in [1.54, 1.807) is 18.2 Å². The molecular formula is C30H26N2O5S. The lowest BCUT2D eigenvalue weighted by molar-refractivity contribution is -0.132. The first kappa shape index (κ1) is 24.2. The molecule has 2 aliphatic rings. The van der Waals surface area contributed by atoms with Crippen LogP contribution < -0.4 is 14.4 Å². The minimum Gasteiger partial charge on any atom is -0.507 e. The molecule has 6 rings (SSSR count). The van der Waals surface area contributed by atoms with Gasteiger partial charge in [0.25, 0.3) is 5.78 Å². The van der Waals surface area contributed by atoms with Crippen molar-refractivity contribution in [2.75, 3.05) is 18.1 Å². The number of rotatable bonds is 4. The number of carbonyl (C=O) groups excluding carboxylic acids is 2. The SMILES string of the molecule is CCc1ccc(C2/C(=C(/O)c3ccc4c(c3)OCCO4)C(=O)C(=O)N2c2nc3c(C)cc(C)cc3s2)cc1. The zero-order chi connectivity index (χ0) is 26.6. The third-order valence-electron chi connectivity index (χ3n) is 6.99. The molecule has 1 atom stereocenters. The van der Waals surface area contributed by atoms with Crippen molar-refractivity contribution in [3.8, 4) is 11.5 Å². The van der Waals surface area contributed by atoms with Crippen molar-refractivity contribution in [1.82, 2.24) is 4.98 Å². The summed E-state index contributed by atoms with van der Waals surface area (Å²) >= 11 is 1.36. The Morgan fingerprint density at radius 3 is 2.50 bits per heavy atom. The van der Waals surface area contributed by atoms with E-state index in [0.29, 0.717) is 41.0 Å².